The summed E-state index contributed by atoms with van der Waals surface area (Å²) >= 11 is 6.09. The summed E-state index contributed by atoms with van der Waals surface area (Å²) in [6.45, 7) is 3.24. The highest BCUT2D eigenvalue weighted by Gasteiger charge is 2.21. The van der Waals surface area contributed by atoms with Crippen molar-refractivity contribution in [1.82, 2.24) is 9.62 Å². The van der Waals surface area contributed by atoms with Crippen LogP contribution in [0.25, 0.3) is 0 Å². The van der Waals surface area contributed by atoms with E-state index in [1.807, 2.05) is 59.5 Å². The van der Waals surface area contributed by atoms with Crippen LogP contribution in [-0.2, 0) is 27.7 Å². The van der Waals surface area contributed by atoms with Crippen molar-refractivity contribution in [3.05, 3.63) is 95.0 Å². The number of carbonyl (C=O) groups is 1. The molecule has 1 aliphatic rings. The minimum absolute atomic E-state index is 0.120. The van der Waals surface area contributed by atoms with E-state index in [0.29, 0.717) is 43.9 Å². The Balaban J connectivity index is 1.22. The molecule has 184 valence electrons. The van der Waals surface area contributed by atoms with Gasteiger partial charge in [0.2, 0.25) is 15.9 Å². The average Bonchev–Trinajstić information content (AvgIpc) is 2.88. The number of sulfonamides is 1. The first-order valence-electron chi connectivity index (χ1n) is 11.8. The van der Waals surface area contributed by atoms with E-state index in [2.05, 4.69) is 9.62 Å². The van der Waals surface area contributed by atoms with E-state index in [9.17, 15) is 13.2 Å². The first kappa shape index (κ1) is 25.2. The lowest BCUT2D eigenvalue weighted by molar-refractivity contribution is -0.131. The molecule has 0 saturated carbocycles. The highest BCUT2D eigenvalue weighted by atomic mass is 35.5. The van der Waals surface area contributed by atoms with Crippen LogP contribution >= 0.6 is 11.6 Å². The van der Waals surface area contributed by atoms with Crippen molar-refractivity contribution in [2.24, 2.45) is 0 Å². The summed E-state index contributed by atoms with van der Waals surface area (Å²) in [4.78, 5) is 17.1. The van der Waals surface area contributed by atoms with Crippen LogP contribution in [0.5, 0.6) is 0 Å². The molecule has 0 spiro atoms. The zero-order chi connectivity index (χ0) is 24.7. The molecule has 3 aromatic carbocycles. The van der Waals surface area contributed by atoms with Crippen molar-refractivity contribution in [3.63, 3.8) is 0 Å². The Hall–Kier alpha value is -2.87. The van der Waals surface area contributed by atoms with Gasteiger partial charge < -0.3 is 9.80 Å². The number of aryl methyl sites for hydroxylation is 1. The lowest BCUT2D eigenvalue weighted by atomic mass is 10.1. The Bertz CT molecular complexity index is 1230. The largest absolute Gasteiger partial charge is 0.368 e. The van der Waals surface area contributed by atoms with Crippen molar-refractivity contribution < 1.29 is 13.2 Å². The topological polar surface area (TPSA) is 69.7 Å². The first-order valence-corrected chi connectivity index (χ1v) is 13.7. The van der Waals surface area contributed by atoms with Crippen molar-refractivity contribution in [3.8, 4) is 0 Å². The molecule has 1 aliphatic heterocycles. The zero-order valence-corrected chi connectivity index (χ0v) is 21.1. The van der Waals surface area contributed by atoms with Crippen molar-refractivity contribution in [2.45, 2.75) is 24.2 Å². The molecule has 1 amide bonds. The molecule has 1 N–H and O–H groups in total. The summed E-state index contributed by atoms with van der Waals surface area (Å²) < 4.78 is 27.8. The highest BCUT2D eigenvalue weighted by Crippen LogP contribution is 2.21. The van der Waals surface area contributed by atoms with Gasteiger partial charge in [0.1, 0.15) is 0 Å². The number of benzene rings is 3. The van der Waals surface area contributed by atoms with Crippen LogP contribution < -0.4 is 9.62 Å². The average molecular weight is 512 g/mol. The fourth-order valence-electron chi connectivity index (χ4n) is 4.19. The summed E-state index contributed by atoms with van der Waals surface area (Å²) in [6, 6.07) is 24.3. The van der Waals surface area contributed by atoms with Gasteiger partial charge in [-0.05, 0) is 54.3 Å². The number of hydrogen-bond acceptors (Lipinski definition) is 4. The van der Waals surface area contributed by atoms with E-state index in [0.717, 1.165) is 29.9 Å². The van der Waals surface area contributed by atoms with Crippen molar-refractivity contribution in [2.75, 3.05) is 37.6 Å². The van der Waals surface area contributed by atoms with Gasteiger partial charge in [0.05, 0.1) is 4.90 Å². The maximum atomic E-state index is 12.7. The molecule has 0 aliphatic carbocycles. The second kappa shape index (κ2) is 11.7. The van der Waals surface area contributed by atoms with E-state index in [1.165, 1.54) is 0 Å². The number of amides is 1. The third-order valence-corrected chi connectivity index (χ3v) is 7.93. The summed E-state index contributed by atoms with van der Waals surface area (Å²) in [6.07, 6.45) is 1.61. The standard InChI is InChI=1S/C27H30ClN3O3S/c28-24-7-4-8-25(21-24)30-17-19-31(20-18-30)27(32)14-11-23-9-12-26(13-10-23)35(33,34)29-16-15-22-5-2-1-3-6-22/h1-10,12-13,21,29H,11,14-20H2. The fraction of sp³-hybridized carbons (Fsp3) is 0.296. The van der Waals surface area contributed by atoms with Crippen LogP contribution in [0.4, 0.5) is 5.69 Å². The van der Waals surface area contributed by atoms with Crippen LogP contribution in [0.3, 0.4) is 0 Å². The van der Waals surface area contributed by atoms with E-state index in [1.54, 1.807) is 24.3 Å². The number of halogens is 1. The molecule has 0 unspecified atom stereocenters. The lowest BCUT2D eigenvalue weighted by Gasteiger charge is -2.36. The van der Waals surface area contributed by atoms with Gasteiger partial charge in [-0.15, -0.1) is 0 Å². The minimum Gasteiger partial charge on any atom is -0.368 e. The van der Waals surface area contributed by atoms with Gasteiger partial charge >= 0.3 is 0 Å². The molecule has 35 heavy (non-hydrogen) atoms. The predicted molar refractivity (Wildman–Crippen MR) is 140 cm³/mol. The Kier molecular flexibility index (Phi) is 8.44. The number of nitrogens with zero attached hydrogens (tertiary/aromatic N) is 2. The Morgan fingerprint density at radius 2 is 1.51 bits per heavy atom. The van der Waals surface area contributed by atoms with Gasteiger partial charge in [-0.2, -0.15) is 0 Å². The maximum Gasteiger partial charge on any atom is 0.240 e. The zero-order valence-electron chi connectivity index (χ0n) is 19.6. The molecular weight excluding hydrogens is 482 g/mol. The van der Waals surface area contributed by atoms with Gasteiger partial charge in [0, 0.05) is 49.9 Å². The molecule has 0 aromatic heterocycles. The third-order valence-electron chi connectivity index (χ3n) is 6.22. The Morgan fingerprint density at radius 3 is 2.20 bits per heavy atom. The molecule has 4 rings (SSSR count). The first-order chi connectivity index (χ1) is 16.9. The fourth-order valence-corrected chi connectivity index (χ4v) is 5.41. The number of rotatable bonds is 9. The number of carbonyl (C=O) groups excluding carboxylic acids is 1. The smallest absolute Gasteiger partial charge is 0.240 e. The maximum absolute atomic E-state index is 12.7. The summed E-state index contributed by atoms with van der Waals surface area (Å²) in [5.41, 5.74) is 3.11. The molecule has 6 nitrogen and oxygen atoms in total. The Labute approximate surface area is 212 Å². The second-order valence-corrected chi connectivity index (χ2v) is 10.8. The molecule has 0 radical (unpaired) electrons. The van der Waals surface area contributed by atoms with Gasteiger partial charge in [-0.25, -0.2) is 13.1 Å². The molecule has 3 aromatic rings. The normalized spacial score (nSPS) is 14.2. The van der Waals surface area contributed by atoms with Gasteiger partial charge in [0.25, 0.3) is 0 Å². The van der Waals surface area contributed by atoms with Gasteiger partial charge in [-0.1, -0.05) is 60.1 Å². The second-order valence-electron chi connectivity index (χ2n) is 8.63. The Morgan fingerprint density at radius 1 is 0.829 bits per heavy atom. The minimum atomic E-state index is -3.56. The van der Waals surface area contributed by atoms with E-state index >= 15 is 0 Å². The van der Waals surface area contributed by atoms with E-state index in [-0.39, 0.29) is 10.8 Å². The van der Waals surface area contributed by atoms with Crippen LogP contribution in [-0.4, -0.2) is 51.9 Å². The number of anilines is 1. The van der Waals surface area contributed by atoms with Gasteiger partial charge in [-0.3, -0.25) is 4.79 Å². The lowest BCUT2D eigenvalue weighted by Crippen LogP contribution is -2.48. The van der Waals surface area contributed by atoms with Crippen LogP contribution in [0.15, 0.2) is 83.8 Å². The molecule has 1 fully saturated rings. The monoisotopic (exact) mass is 511 g/mol. The summed E-state index contributed by atoms with van der Waals surface area (Å²) in [5.74, 6) is 0.120. The molecule has 0 bridgehead atoms. The quantitative estimate of drug-likeness (QED) is 0.468. The molecular formula is C27H30ClN3O3S. The van der Waals surface area contributed by atoms with Crippen molar-refractivity contribution >= 4 is 33.2 Å². The van der Waals surface area contributed by atoms with Gasteiger partial charge in [0.15, 0.2) is 0 Å². The predicted octanol–water partition coefficient (Wildman–Crippen LogP) is 4.14. The summed E-state index contributed by atoms with van der Waals surface area (Å²) in [5, 5.41) is 0.711. The van der Waals surface area contributed by atoms with E-state index < -0.39 is 10.0 Å². The SMILES string of the molecule is O=C(CCc1ccc(S(=O)(=O)NCCc2ccccc2)cc1)N1CCN(c2cccc(Cl)c2)CC1. The molecule has 1 heterocycles. The number of nitrogens with one attached hydrogen (secondary N) is 1. The van der Waals surface area contributed by atoms with E-state index in [4.69, 9.17) is 11.6 Å². The summed E-state index contributed by atoms with van der Waals surface area (Å²) in [7, 11) is -3.56. The number of piperazine rings is 1. The molecule has 1 saturated heterocycles. The highest BCUT2D eigenvalue weighted by molar-refractivity contribution is 7.89. The van der Waals surface area contributed by atoms with Crippen LogP contribution in [0.1, 0.15) is 17.5 Å². The molecule has 0 atom stereocenters. The molecule has 8 heteroatoms. The van der Waals surface area contributed by atoms with Crippen LogP contribution in [0.2, 0.25) is 5.02 Å². The third kappa shape index (κ3) is 7.07. The van der Waals surface area contributed by atoms with Crippen LogP contribution in [0, 0.1) is 0 Å². The van der Waals surface area contributed by atoms with Crippen molar-refractivity contribution in [1.29, 1.82) is 0 Å². The number of hydrogen-bond donors (Lipinski definition) is 1.